The molecular weight excluding hydrogens is 460 g/mol. The summed E-state index contributed by atoms with van der Waals surface area (Å²) in [5, 5.41) is 16.7. The standard InChI is InChI=1S/C32H38N2O3/c1-29-10-8-25-15-24-4-5-26(34-18-30(35)19-36-20-30)16-31(24)11-12-32(25,37-31)28(29)7-6-27(29)22-3-2-21-9-13-33-17-23(21)14-22/h2-3,8-9,13-15,17,26-28,34-35H,4-7,10-12,16,18-20H2,1H3/t26-,27+,28+,29+,31+,32+/m0/s1. The van der Waals surface area contributed by atoms with Crippen molar-refractivity contribution in [1.82, 2.24) is 10.3 Å². The van der Waals surface area contributed by atoms with Gasteiger partial charge in [0.1, 0.15) is 5.60 Å². The van der Waals surface area contributed by atoms with E-state index in [1.54, 1.807) is 0 Å². The number of benzene rings is 1. The van der Waals surface area contributed by atoms with E-state index in [1.807, 2.05) is 12.4 Å². The van der Waals surface area contributed by atoms with Gasteiger partial charge in [-0.2, -0.15) is 0 Å². The lowest BCUT2D eigenvalue weighted by Gasteiger charge is -2.54. The zero-order valence-electron chi connectivity index (χ0n) is 21.8. The van der Waals surface area contributed by atoms with E-state index in [4.69, 9.17) is 9.47 Å². The van der Waals surface area contributed by atoms with Gasteiger partial charge in [-0.05, 0) is 103 Å². The van der Waals surface area contributed by atoms with Crippen molar-refractivity contribution in [3.8, 4) is 0 Å². The molecule has 8 rings (SSSR count). The lowest BCUT2D eigenvalue weighted by Crippen LogP contribution is -2.59. The van der Waals surface area contributed by atoms with Crippen molar-refractivity contribution in [3.05, 3.63) is 65.5 Å². The SMILES string of the molecule is C[C@]12CC=C3C=C4CC[C@H](NCC5(O)COC5)C[C@]45CC[C@]3(O5)[C@@H]1CC[C@@H]2c1ccc2ccncc2c1. The number of nitrogens with one attached hydrogen (secondary N) is 1. The second-order valence-electron chi connectivity index (χ2n) is 13.2. The molecule has 2 bridgehead atoms. The molecule has 2 spiro atoms. The molecule has 0 unspecified atom stereocenters. The van der Waals surface area contributed by atoms with Gasteiger partial charge in [-0.25, -0.2) is 0 Å². The lowest BCUT2D eigenvalue weighted by molar-refractivity contribution is -0.177. The molecule has 0 radical (unpaired) electrons. The Balaban J connectivity index is 1.09. The lowest BCUT2D eigenvalue weighted by atomic mass is 9.58. The minimum Gasteiger partial charge on any atom is -0.384 e. The predicted octanol–water partition coefficient (Wildman–Crippen LogP) is 5.20. The van der Waals surface area contributed by atoms with Gasteiger partial charge < -0.3 is 19.9 Å². The summed E-state index contributed by atoms with van der Waals surface area (Å²) in [7, 11) is 0. The van der Waals surface area contributed by atoms with Gasteiger partial charge in [0.15, 0.2) is 0 Å². The van der Waals surface area contributed by atoms with E-state index in [2.05, 4.69) is 53.6 Å². The molecule has 37 heavy (non-hydrogen) atoms. The summed E-state index contributed by atoms with van der Waals surface area (Å²) in [6.07, 6.45) is 18.1. The molecule has 5 nitrogen and oxygen atoms in total. The van der Waals surface area contributed by atoms with E-state index in [9.17, 15) is 5.11 Å². The van der Waals surface area contributed by atoms with Crippen LogP contribution in [0, 0.1) is 11.3 Å². The molecule has 1 aromatic carbocycles. The van der Waals surface area contributed by atoms with Crippen LogP contribution in [0.2, 0.25) is 0 Å². The molecule has 2 aromatic rings. The summed E-state index contributed by atoms with van der Waals surface area (Å²) in [5.74, 6) is 1.10. The Labute approximate surface area is 219 Å². The van der Waals surface area contributed by atoms with Gasteiger partial charge in [0.2, 0.25) is 0 Å². The fourth-order valence-corrected chi connectivity index (χ4v) is 9.22. The van der Waals surface area contributed by atoms with Gasteiger partial charge in [0.05, 0.1) is 24.4 Å². The third kappa shape index (κ3) is 3.21. The first-order valence-electron chi connectivity index (χ1n) is 14.4. The Morgan fingerprint density at radius 1 is 1.11 bits per heavy atom. The number of aromatic nitrogens is 1. The van der Waals surface area contributed by atoms with Crippen LogP contribution in [-0.2, 0) is 9.47 Å². The van der Waals surface area contributed by atoms with E-state index >= 15 is 0 Å². The molecule has 2 saturated heterocycles. The molecule has 6 aliphatic rings. The number of allylic oxidation sites excluding steroid dienone is 1. The molecule has 1 aromatic heterocycles. The van der Waals surface area contributed by atoms with Crippen LogP contribution in [0.5, 0.6) is 0 Å². The molecular formula is C32H38N2O3. The van der Waals surface area contributed by atoms with Crippen LogP contribution in [-0.4, -0.2) is 52.7 Å². The monoisotopic (exact) mass is 498 g/mol. The Bertz CT molecular complexity index is 1330. The maximum atomic E-state index is 10.5. The topological polar surface area (TPSA) is 63.6 Å². The normalized spacial score (nSPS) is 41.3. The highest BCUT2D eigenvalue weighted by molar-refractivity contribution is 5.82. The second-order valence-corrected chi connectivity index (χ2v) is 13.2. The number of aliphatic hydroxyl groups is 1. The summed E-state index contributed by atoms with van der Waals surface area (Å²) in [4.78, 5) is 4.38. The van der Waals surface area contributed by atoms with Crippen LogP contribution >= 0.6 is 0 Å². The first kappa shape index (κ1) is 22.9. The summed E-state index contributed by atoms with van der Waals surface area (Å²) >= 11 is 0. The molecule has 6 atom stereocenters. The molecule has 4 heterocycles. The van der Waals surface area contributed by atoms with Gasteiger partial charge in [-0.15, -0.1) is 0 Å². The zero-order valence-corrected chi connectivity index (χ0v) is 21.8. The summed E-state index contributed by atoms with van der Waals surface area (Å²) in [6.45, 7) is 4.07. The van der Waals surface area contributed by atoms with Crippen molar-refractivity contribution in [2.24, 2.45) is 11.3 Å². The number of fused-ring (bicyclic) bond motifs is 2. The average molecular weight is 499 g/mol. The highest BCUT2D eigenvalue weighted by Gasteiger charge is 2.66. The molecule has 3 aliphatic carbocycles. The van der Waals surface area contributed by atoms with E-state index in [0.717, 1.165) is 38.5 Å². The second kappa shape index (κ2) is 7.75. The van der Waals surface area contributed by atoms with E-state index in [-0.39, 0.29) is 16.6 Å². The van der Waals surface area contributed by atoms with Crippen molar-refractivity contribution in [1.29, 1.82) is 0 Å². The Hall–Kier alpha value is -2.05. The predicted molar refractivity (Wildman–Crippen MR) is 143 cm³/mol. The van der Waals surface area contributed by atoms with E-state index < -0.39 is 5.60 Å². The Morgan fingerprint density at radius 2 is 2.03 bits per heavy atom. The van der Waals surface area contributed by atoms with Gasteiger partial charge in [-0.3, -0.25) is 4.98 Å². The van der Waals surface area contributed by atoms with Gasteiger partial charge in [0, 0.05) is 30.4 Å². The third-order valence-electron chi connectivity index (χ3n) is 11.2. The highest BCUT2D eigenvalue weighted by atomic mass is 16.5. The number of ether oxygens (including phenoxy) is 2. The fourth-order valence-electron chi connectivity index (χ4n) is 9.22. The van der Waals surface area contributed by atoms with E-state index in [0.29, 0.717) is 37.6 Å². The van der Waals surface area contributed by atoms with Crippen LogP contribution in [0.25, 0.3) is 10.8 Å². The van der Waals surface area contributed by atoms with Gasteiger partial charge in [0.25, 0.3) is 0 Å². The molecule has 2 saturated carbocycles. The summed E-state index contributed by atoms with van der Waals surface area (Å²) in [6, 6.07) is 9.54. The number of hydrogen-bond acceptors (Lipinski definition) is 5. The number of nitrogens with zero attached hydrogens (tertiary/aromatic N) is 1. The minimum atomic E-state index is -0.684. The number of pyridine rings is 1. The highest BCUT2D eigenvalue weighted by Crippen LogP contribution is 2.69. The van der Waals surface area contributed by atoms with Crippen LogP contribution < -0.4 is 5.32 Å². The Kier molecular flexibility index (Phi) is 4.80. The minimum absolute atomic E-state index is 0.128. The smallest absolute Gasteiger partial charge is 0.123 e. The summed E-state index contributed by atoms with van der Waals surface area (Å²) < 4.78 is 12.7. The average Bonchev–Trinajstić information content (AvgIpc) is 3.41. The zero-order chi connectivity index (χ0) is 24.9. The number of hydrogen-bond donors (Lipinski definition) is 2. The van der Waals surface area contributed by atoms with Crippen LogP contribution in [0.3, 0.4) is 0 Å². The molecule has 0 amide bonds. The first-order chi connectivity index (χ1) is 17.9. The molecule has 4 fully saturated rings. The Morgan fingerprint density at radius 3 is 2.89 bits per heavy atom. The van der Waals surface area contributed by atoms with Crippen molar-refractivity contribution in [2.45, 2.75) is 87.1 Å². The maximum Gasteiger partial charge on any atom is 0.123 e. The maximum absolute atomic E-state index is 10.5. The van der Waals surface area contributed by atoms with Crippen molar-refractivity contribution < 1.29 is 14.6 Å². The largest absolute Gasteiger partial charge is 0.384 e. The quantitative estimate of drug-likeness (QED) is 0.607. The van der Waals surface area contributed by atoms with Crippen LogP contribution in [0.4, 0.5) is 0 Å². The summed E-state index contributed by atoms with van der Waals surface area (Å²) in [5.41, 5.74) is 3.73. The third-order valence-corrected chi connectivity index (χ3v) is 11.2. The molecule has 194 valence electrons. The fraction of sp³-hybridized carbons (Fsp3) is 0.594. The molecule has 3 aliphatic heterocycles. The van der Waals surface area contributed by atoms with E-state index in [1.165, 1.54) is 40.3 Å². The first-order valence-corrected chi connectivity index (χ1v) is 14.4. The van der Waals surface area contributed by atoms with Crippen molar-refractivity contribution >= 4 is 10.8 Å². The number of rotatable bonds is 4. The van der Waals surface area contributed by atoms with Crippen LogP contribution in [0.1, 0.15) is 69.8 Å². The van der Waals surface area contributed by atoms with Crippen molar-refractivity contribution in [2.75, 3.05) is 19.8 Å². The molecule has 5 heteroatoms. The van der Waals surface area contributed by atoms with Gasteiger partial charge >= 0.3 is 0 Å². The molecule has 2 N–H and O–H groups in total. The van der Waals surface area contributed by atoms with Crippen molar-refractivity contribution in [3.63, 3.8) is 0 Å². The van der Waals surface area contributed by atoms with Crippen LogP contribution in [0.15, 0.2) is 60.0 Å². The van der Waals surface area contributed by atoms with Gasteiger partial charge in [-0.1, -0.05) is 31.2 Å².